The Kier molecular flexibility index (Phi) is 5.78. The second-order valence-corrected chi connectivity index (χ2v) is 9.92. The molecule has 0 N–H and O–H groups in total. The first-order valence-electron chi connectivity index (χ1n) is 11.0. The molecule has 1 fully saturated rings. The van der Waals surface area contributed by atoms with Crippen LogP contribution in [0.4, 0.5) is 5.95 Å². The van der Waals surface area contributed by atoms with Crippen LogP contribution >= 0.6 is 0 Å². The molecule has 0 radical (unpaired) electrons. The zero-order valence-corrected chi connectivity index (χ0v) is 19.3. The van der Waals surface area contributed by atoms with Gasteiger partial charge >= 0.3 is 0 Å². The Hall–Kier alpha value is -3.36. The largest absolute Gasteiger partial charge is 0.495 e. The van der Waals surface area contributed by atoms with Crippen LogP contribution in [-0.2, 0) is 16.6 Å². The fourth-order valence-electron chi connectivity index (χ4n) is 4.33. The van der Waals surface area contributed by atoms with E-state index in [0.29, 0.717) is 38.5 Å². The summed E-state index contributed by atoms with van der Waals surface area (Å²) in [4.78, 5) is 7.29. The third-order valence-corrected chi connectivity index (χ3v) is 7.96. The molecule has 1 aliphatic heterocycles. The Morgan fingerprint density at radius 2 is 1.52 bits per heavy atom. The highest BCUT2D eigenvalue weighted by atomic mass is 32.2. The van der Waals surface area contributed by atoms with Crippen LogP contribution in [0.15, 0.2) is 83.8 Å². The van der Waals surface area contributed by atoms with Crippen molar-refractivity contribution in [2.24, 2.45) is 0 Å². The molecule has 0 saturated carbocycles. The number of aromatic nitrogens is 2. The maximum atomic E-state index is 13.3. The van der Waals surface area contributed by atoms with Crippen LogP contribution in [0.5, 0.6) is 5.75 Å². The first-order valence-corrected chi connectivity index (χ1v) is 12.4. The number of benzene rings is 3. The van der Waals surface area contributed by atoms with Gasteiger partial charge in [-0.15, -0.1) is 0 Å². The van der Waals surface area contributed by atoms with Crippen LogP contribution in [0.3, 0.4) is 0 Å². The van der Waals surface area contributed by atoms with E-state index < -0.39 is 10.0 Å². The third kappa shape index (κ3) is 4.07. The number of rotatable bonds is 6. The lowest BCUT2D eigenvalue weighted by molar-refractivity contribution is 0.372. The number of methoxy groups -OCH3 is 1. The van der Waals surface area contributed by atoms with E-state index in [2.05, 4.69) is 27.7 Å². The number of para-hydroxylation sites is 3. The van der Waals surface area contributed by atoms with E-state index >= 15 is 0 Å². The molecule has 7 nitrogen and oxygen atoms in total. The monoisotopic (exact) mass is 462 g/mol. The van der Waals surface area contributed by atoms with Gasteiger partial charge in [0.25, 0.3) is 0 Å². The van der Waals surface area contributed by atoms with Crippen molar-refractivity contribution >= 4 is 27.0 Å². The van der Waals surface area contributed by atoms with Gasteiger partial charge in [-0.25, -0.2) is 13.4 Å². The van der Waals surface area contributed by atoms with Gasteiger partial charge in [-0.05, 0) is 29.8 Å². The average molecular weight is 463 g/mol. The molecule has 4 aromatic rings. The number of hydrogen-bond acceptors (Lipinski definition) is 5. The van der Waals surface area contributed by atoms with Crippen LogP contribution in [-0.4, -0.2) is 55.6 Å². The minimum absolute atomic E-state index is 0.206. The Morgan fingerprint density at radius 3 is 2.27 bits per heavy atom. The van der Waals surface area contributed by atoms with Gasteiger partial charge in [-0.1, -0.05) is 54.6 Å². The molecule has 8 heteroatoms. The smallest absolute Gasteiger partial charge is 0.246 e. The molecule has 1 aromatic heterocycles. The Balaban J connectivity index is 1.41. The summed E-state index contributed by atoms with van der Waals surface area (Å²) in [7, 11) is -2.15. The molecule has 0 atom stereocenters. The summed E-state index contributed by atoms with van der Waals surface area (Å²) >= 11 is 0. The van der Waals surface area contributed by atoms with Crippen LogP contribution < -0.4 is 9.64 Å². The van der Waals surface area contributed by atoms with Crippen molar-refractivity contribution in [3.05, 3.63) is 84.4 Å². The van der Waals surface area contributed by atoms with Gasteiger partial charge in [0.05, 0.1) is 24.7 Å². The molecule has 3 aromatic carbocycles. The van der Waals surface area contributed by atoms with Crippen LogP contribution in [0.25, 0.3) is 11.0 Å². The fraction of sp³-hybridized carbons (Fsp3) is 0.240. The first-order chi connectivity index (χ1) is 16.1. The second-order valence-electron chi connectivity index (χ2n) is 8.01. The van der Waals surface area contributed by atoms with Crippen molar-refractivity contribution in [3.8, 4) is 5.75 Å². The Labute approximate surface area is 193 Å². The molecule has 33 heavy (non-hydrogen) atoms. The van der Waals surface area contributed by atoms with E-state index in [9.17, 15) is 8.42 Å². The van der Waals surface area contributed by atoms with E-state index in [1.807, 2.05) is 36.4 Å². The highest BCUT2D eigenvalue weighted by Gasteiger charge is 2.32. The van der Waals surface area contributed by atoms with E-state index in [-0.39, 0.29) is 4.90 Å². The first kappa shape index (κ1) is 21.5. The molecular weight excluding hydrogens is 436 g/mol. The zero-order chi connectivity index (χ0) is 22.8. The highest BCUT2D eigenvalue weighted by Crippen LogP contribution is 2.29. The number of imidazole rings is 1. The summed E-state index contributed by atoms with van der Waals surface area (Å²) in [5, 5.41) is 0. The summed E-state index contributed by atoms with van der Waals surface area (Å²) in [5.41, 5.74) is 3.20. The molecule has 1 aliphatic rings. The summed E-state index contributed by atoms with van der Waals surface area (Å²) in [6, 6.07) is 25.2. The lowest BCUT2D eigenvalue weighted by Gasteiger charge is -2.35. The minimum Gasteiger partial charge on any atom is -0.495 e. The topological polar surface area (TPSA) is 67.7 Å². The quantitative estimate of drug-likeness (QED) is 0.438. The van der Waals surface area contributed by atoms with E-state index in [1.165, 1.54) is 17.0 Å². The molecule has 5 rings (SSSR count). The SMILES string of the molecule is COc1ccccc1S(=O)(=O)N1CCN(c2nc3ccccc3n2Cc2ccccc2)CC1. The molecule has 170 valence electrons. The normalized spacial score (nSPS) is 15.1. The number of sulfonamides is 1. The molecule has 2 heterocycles. The van der Waals surface area contributed by atoms with Crippen molar-refractivity contribution in [2.45, 2.75) is 11.4 Å². The van der Waals surface area contributed by atoms with Crippen molar-refractivity contribution in [3.63, 3.8) is 0 Å². The van der Waals surface area contributed by atoms with Gasteiger partial charge in [0.15, 0.2) is 0 Å². The molecule has 0 unspecified atom stereocenters. The molecule has 0 bridgehead atoms. The average Bonchev–Trinajstić information content (AvgIpc) is 3.23. The predicted octanol–water partition coefficient (Wildman–Crippen LogP) is 3.60. The molecular formula is C25H26N4O3S. The van der Waals surface area contributed by atoms with Gasteiger partial charge < -0.3 is 14.2 Å². The number of fused-ring (bicyclic) bond motifs is 1. The van der Waals surface area contributed by atoms with Crippen molar-refractivity contribution in [2.75, 3.05) is 38.2 Å². The predicted molar refractivity (Wildman–Crippen MR) is 129 cm³/mol. The lowest BCUT2D eigenvalue weighted by Crippen LogP contribution is -2.49. The van der Waals surface area contributed by atoms with E-state index in [0.717, 1.165) is 17.0 Å². The lowest BCUT2D eigenvalue weighted by atomic mass is 10.2. The van der Waals surface area contributed by atoms with E-state index in [4.69, 9.17) is 9.72 Å². The van der Waals surface area contributed by atoms with Crippen molar-refractivity contribution in [1.29, 1.82) is 0 Å². The van der Waals surface area contributed by atoms with Gasteiger partial charge in [-0.3, -0.25) is 0 Å². The van der Waals surface area contributed by atoms with Gasteiger partial charge in [0.1, 0.15) is 10.6 Å². The standard InChI is InChI=1S/C25H26N4O3S/c1-32-23-13-7-8-14-24(23)33(30,31)28-17-15-27(16-18-28)25-26-21-11-5-6-12-22(21)29(25)19-20-9-3-2-4-10-20/h2-14H,15-19H2,1H3. The molecule has 1 saturated heterocycles. The van der Waals surface area contributed by atoms with Gasteiger partial charge in [0.2, 0.25) is 16.0 Å². The second kappa shape index (κ2) is 8.88. The summed E-state index contributed by atoms with van der Waals surface area (Å²) < 4.78 is 35.6. The molecule has 0 amide bonds. The number of ether oxygens (including phenoxy) is 1. The van der Waals surface area contributed by atoms with Gasteiger partial charge in [-0.2, -0.15) is 4.31 Å². The maximum absolute atomic E-state index is 13.3. The summed E-state index contributed by atoms with van der Waals surface area (Å²) in [6.45, 7) is 2.60. The van der Waals surface area contributed by atoms with Crippen LogP contribution in [0.2, 0.25) is 0 Å². The zero-order valence-electron chi connectivity index (χ0n) is 18.5. The van der Waals surface area contributed by atoms with Crippen LogP contribution in [0.1, 0.15) is 5.56 Å². The Morgan fingerprint density at radius 1 is 0.848 bits per heavy atom. The molecule has 0 spiro atoms. The summed E-state index contributed by atoms with van der Waals surface area (Å²) in [6.07, 6.45) is 0. The highest BCUT2D eigenvalue weighted by molar-refractivity contribution is 7.89. The van der Waals surface area contributed by atoms with Gasteiger partial charge in [0, 0.05) is 26.2 Å². The number of piperazine rings is 1. The molecule has 0 aliphatic carbocycles. The Bertz CT molecular complexity index is 1360. The number of hydrogen-bond donors (Lipinski definition) is 0. The number of anilines is 1. The number of nitrogens with zero attached hydrogens (tertiary/aromatic N) is 4. The third-order valence-electron chi connectivity index (χ3n) is 6.03. The summed E-state index contributed by atoms with van der Waals surface area (Å²) in [5.74, 6) is 1.24. The van der Waals surface area contributed by atoms with E-state index in [1.54, 1.807) is 24.3 Å². The maximum Gasteiger partial charge on any atom is 0.246 e. The van der Waals surface area contributed by atoms with Crippen molar-refractivity contribution in [1.82, 2.24) is 13.9 Å². The fourth-order valence-corrected chi connectivity index (χ4v) is 5.90. The minimum atomic E-state index is -3.64. The van der Waals surface area contributed by atoms with Crippen LogP contribution in [0, 0.1) is 0 Å². The van der Waals surface area contributed by atoms with Crippen molar-refractivity contribution < 1.29 is 13.2 Å².